The van der Waals surface area contributed by atoms with E-state index in [1.807, 2.05) is 22.9 Å². The van der Waals surface area contributed by atoms with Crippen LogP contribution in [0.4, 0.5) is 0 Å². The molecule has 0 saturated heterocycles. The molecule has 2 aliphatic rings. The van der Waals surface area contributed by atoms with Crippen molar-refractivity contribution in [3.05, 3.63) is 30.0 Å². The Morgan fingerprint density at radius 2 is 1.96 bits per heavy atom. The van der Waals surface area contributed by atoms with Crippen molar-refractivity contribution in [1.29, 1.82) is 0 Å². The Morgan fingerprint density at radius 1 is 1.14 bits per heavy atom. The van der Waals surface area contributed by atoms with E-state index in [1.165, 1.54) is 44.9 Å². The lowest BCUT2D eigenvalue weighted by atomic mass is 9.84. The number of aryl methyl sites for hydroxylation is 1. The molecule has 2 aromatic rings. The van der Waals surface area contributed by atoms with Gasteiger partial charge in [-0.3, -0.25) is 9.48 Å². The Morgan fingerprint density at radius 3 is 2.79 bits per heavy atom. The van der Waals surface area contributed by atoms with Crippen LogP contribution in [0.2, 0.25) is 0 Å². The minimum Gasteiger partial charge on any atom is -0.347 e. The molecule has 1 aromatic heterocycles. The summed E-state index contributed by atoms with van der Waals surface area (Å²) in [4.78, 5) is 13.3. The number of hydrogen-bond acceptors (Lipinski definition) is 2. The lowest BCUT2D eigenvalue weighted by molar-refractivity contribution is 0.0891. The molecule has 4 heteroatoms. The summed E-state index contributed by atoms with van der Waals surface area (Å²) in [5.41, 5.74) is 1.69. The number of hydrogen-bond donors (Lipinski definition) is 1. The molecule has 4 rings (SSSR count). The molecule has 1 amide bonds. The highest BCUT2D eigenvalue weighted by Gasteiger charge is 2.39. The molecule has 28 heavy (non-hydrogen) atoms. The number of unbranched alkanes of at least 4 members (excludes halogenated alkanes) is 2. The van der Waals surface area contributed by atoms with E-state index in [0.717, 1.165) is 36.2 Å². The summed E-state index contributed by atoms with van der Waals surface area (Å²) in [7, 11) is 0. The molecule has 1 heterocycles. The molecule has 0 spiro atoms. The number of amides is 1. The molecular weight excluding hydrogens is 346 g/mol. The van der Waals surface area contributed by atoms with Crippen LogP contribution in [0.15, 0.2) is 24.3 Å². The lowest BCUT2D eigenvalue weighted by Gasteiger charge is -2.31. The van der Waals surface area contributed by atoms with Crippen LogP contribution in [-0.4, -0.2) is 21.7 Å². The number of carbonyl (C=O) groups is 1. The molecule has 0 aliphatic heterocycles. The Bertz CT molecular complexity index is 809. The van der Waals surface area contributed by atoms with Crippen molar-refractivity contribution >= 4 is 16.8 Å². The molecule has 4 unspecified atom stereocenters. The van der Waals surface area contributed by atoms with E-state index in [0.29, 0.717) is 23.6 Å². The maximum Gasteiger partial charge on any atom is 0.272 e. The van der Waals surface area contributed by atoms with E-state index in [9.17, 15) is 4.79 Å². The molecule has 2 saturated carbocycles. The third-order valence-electron chi connectivity index (χ3n) is 7.21. The smallest absolute Gasteiger partial charge is 0.272 e. The Labute approximate surface area is 169 Å². The van der Waals surface area contributed by atoms with Crippen LogP contribution >= 0.6 is 0 Å². The predicted octanol–water partition coefficient (Wildman–Crippen LogP) is 5.56. The average molecular weight is 382 g/mol. The summed E-state index contributed by atoms with van der Waals surface area (Å²) in [6, 6.07) is 8.50. The fourth-order valence-corrected chi connectivity index (χ4v) is 5.61. The highest BCUT2D eigenvalue weighted by molar-refractivity contribution is 6.05. The molecule has 152 valence electrons. The first kappa shape index (κ1) is 19.5. The van der Waals surface area contributed by atoms with Gasteiger partial charge in [0.25, 0.3) is 5.91 Å². The van der Waals surface area contributed by atoms with Crippen LogP contribution in [0.25, 0.3) is 10.9 Å². The second kappa shape index (κ2) is 8.67. The first-order chi connectivity index (χ1) is 13.7. The quantitative estimate of drug-likeness (QED) is 0.638. The Hall–Kier alpha value is -1.84. The van der Waals surface area contributed by atoms with Gasteiger partial charge in [0.05, 0.1) is 5.52 Å². The first-order valence-corrected chi connectivity index (χ1v) is 11.5. The van der Waals surface area contributed by atoms with Gasteiger partial charge in [0, 0.05) is 18.0 Å². The zero-order valence-electron chi connectivity index (χ0n) is 17.5. The second-order valence-corrected chi connectivity index (χ2v) is 8.98. The van der Waals surface area contributed by atoms with Gasteiger partial charge >= 0.3 is 0 Å². The maximum atomic E-state index is 13.3. The Balaban J connectivity index is 1.58. The summed E-state index contributed by atoms with van der Waals surface area (Å²) in [6.07, 6.45) is 11.2. The Kier molecular flexibility index (Phi) is 6.03. The van der Waals surface area contributed by atoms with Gasteiger partial charge in [0.2, 0.25) is 0 Å². The summed E-state index contributed by atoms with van der Waals surface area (Å²) in [5.74, 6) is 2.18. The standard InChI is InChI=1S/C24H35N3O/c1-3-5-8-15-27-21-10-7-6-9-20(21)23(26-27)24(28)25-22-18(4-2)13-11-17-12-14-19(22)16-17/h6-7,9-10,17-19,22H,3-5,8,11-16H2,1-2H3,(H,25,28). The molecule has 0 radical (unpaired) electrons. The van der Waals surface area contributed by atoms with E-state index in [1.54, 1.807) is 0 Å². The van der Waals surface area contributed by atoms with Gasteiger partial charge in [-0.2, -0.15) is 5.10 Å². The molecule has 1 N–H and O–H groups in total. The van der Waals surface area contributed by atoms with Gasteiger partial charge in [-0.15, -0.1) is 0 Å². The fraction of sp³-hybridized carbons (Fsp3) is 0.667. The van der Waals surface area contributed by atoms with Crippen LogP contribution in [0.1, 0.15) is 82.1 Å². The largest absolute Gasteiger partial charge is 0.347 e. The number of nitrogens with one attached hydrogen (secondary N) is 1. The van der Waals surface area contributed by atoms with Gasteiger partial charge in [0.15, 0.2) is 5.69 Å². The van der Waals surface area contributed by atoms with Crippen molar-refractivity contribution in [2.75, 3.05) is 0 Å². The third-order valence-corrected chi connectivity index (χ3v) is 7.21. The SMILES string of the molecule is CCCCCn1nc(C(=O)NC2C(CC)CCC3CCC2C3)c2ccccc21. The molecule has 2 bridgehead atoms. The van der Waals surface area contributed by atoms with Crippen LogP contribution < -0.4 is 5.32 Å². The van der Waals surface area contributed by atoms with Crippen LogP contribution in [0, 0.1) is 17.8 Å². The van der Waals surface area contributed by atoms with E-state index < -0.39 is 0 Å². The first-order valence-electron chi connectivity index (χ1n) is 11.5. The highest BCUT2D eigenvalue weighted by Crippen LogP contribution is 2.43. The van der Waals surface area contributed by atoms with E-state index in [4.69, 9.17) is 5.10 Å². The number of nitrogens with zero attached hydrogens (tertiary/aromatic N) is 2. The van der Waals surface area contributed by atoms with Crippen molar-refractivity contribution in [3.63, 3.8) is 0 Å². The third kappa shape index (κ3) is 3.83. The highest BCUT2D eigenvalue weighted by atomic mass is 16.2. The number of rotatable bonds is 7. The zero-order valence-corrected chi connectivity index (χ0v) is 17.5. The maximum absolute atomic E-state index is 13.3. The number of para-hydroxylation sites is 1. The fourth-order valence-electron chi connectivity index (χ4n) is 5.61. The molecule has 4 nitrogen and oxygen atoms in total. The minimum absolute atomic E-state index is 0.0271. The van der Waals surface area contributed by atoms with E-state index in [2.05, 4.69) is 25.2 Å². The van der Waals surface area contributed by atoms with Gasteiger partial charge in [0.1, 0.15) is 0 Å². The lowest BCUT2D eigenvalue weighted by Crippen LogP contribution is -2.44. The van der Waals surface area contributed by atoms with Gasteiger partial charge in [-0.05, 0) is 49.5 Å². The van der Waals surface area contributed by atoms with E-state index in [-0.39, 0.29) is 5.91 Å². The number of benzene rings is 1. The summed E-state index contributed by atoms with van der Waals surface area (Å²) < 4.78 is 2.04. The van der Waals surface area contributed by atoms with Crippen molar-refractivity contribution in [2.45, 2.75) is 84.2 Å². The van der Waals surface area contributed by atoms with Gasteiger partial charge < -0.3 is 5.32 Å². The number of fused-ring (bicyclic) bond motifs is 3. The van der Waals surface area contributed by atoms with Crippen molar-refractivity contribution in [3.8, 4) is 0 Å². The van der Waals surface area contributed by atoms with Crippen molar-refractivity contribution < 1.29 is 4.79 Å². The molecule has 2 aliphatic carbocycles. The predicted molar refractivity (Wildman–Crippen MR) is 114 cm³/mol. The summed E-state index contributed by atoms with van der Waals surface area (Å²) in [6.45, 7) is 5.37. The van der Waals surface area contributed by atoms with Gasteiger partial charge in [-0.25, -0.2) is 0 Å². The van der Waals surface area contributed by atoms with Gasteiger partial charge in [-0.1, -0.05) is 64.2 Å². The minimum atomic E-state index is 0.0271. The number of carbonyl (C=O) groups excluding carboxylic acids is 1. The summed E-state index contributed by atoms with van der Waals surface area (Å²) >= 11 is 0. The monoisotopic (exact) mass is 381 g/mol. The average Bonchev–Trinajstić information content (AvgIpc) is 3.28. The molecule has 1 aromatic carbocycles. The normalized spacial score (nSPS) is 27.1. The van der Waals surface area contributed by atoms with Crippen molar-refractivity contribution in [1.82, 2.24) is 15.1 Å². The molecular formula is C24H35N3O. The van der Waals surface area contributed by atoms with Crippen LogP contribution in [0.5, 0.6) is 0 Å². The van der Waals surface area contributed by atoms with Crippen LogP contribution in [-0.2, 0) is 6.54 Å². The zero-order chi connectivity index (χ0) is 19.5. The summed E-state index contributed by atoms with van der Waals surface area (Å²) in [5, 5.41) is 9.22. The number of aromatic nitrogens is 2. The molecule has 2 fully saturated rings. The molecule has 4 atom stereocenters. The van der Waals surface area contributed by atoms with Crippen molar-refractivity contribution in [2.24, 2.45) is 17.8 Å². The topological polar surface area (TPSA) is 46.9 Å². The van der Waals surface area contributed by atoms with E-state index >= 15 is 0 Å². The van der Waals surface area contributed by atoms with Crippen LogP contribution in [0.3, 0.4) is 0 Å². The second-order valence-electron chi connectivity index (χ2n) is 8.98.